The minimum Gasteiger partial charge on any atom is -0.403 e. The standard InChI is InChI=1S/C19H35N9O3.C5H12/c1-4-29-7-8-31-10-9-30-6-5-28-15-18(23-25-28)14-27(13-17-12-21-24-22-17)16-19(11-20)26(2)3;1-3-5-4-2/h11-12,15H,4-10,13-14,16,20H2,1-3H3,(H,21,22,24);3-5H2,1-2H3/b19-11-;. The molecule has 12 nitrogen and oxygen atoms in total. The zero-order valence-electron chi connectivity index (χ0n) is 22.9. The number of aromatic amines is 1. The van der Waals surface area contributed by atoms with Crippen molar-refractivity contribution in [2.24, 2.45) is 5.73 Å². The Bertz CT molecular complexity index is 780. The maximum Gasteiger partial charge on any atom is 0.0967 e. The van der Waals surface area contributed by atoms with Crippen molar-refractivity contribution in [2.75, 3.05) is 60.3 Å². The van der Waals surface area contributed by atoms with Crippen LogP contribution in [-0.2, 0) is 33.8 Å². The summed E-state index contributed by atoms with van der Waals surface area (Å²) in [7, 11) is 3.93. The van der Waals surface area contributed by atoms with Crippen molar-refractivity contribution in [3.8, 4) is 0 Å². The summed E-state index contributed by atoms with van der Waals surface area (Å²) in [6.45, 7) is 12.4. The van der Waals surface area contributed by atoms with Crippen LogP contribution in [0.4, 0.5) is 0 Å². The predicted octanol–water partition coefficient (Wildman–Crippen LogP) is 2.03. The number of ether oxygens (including phenoxy) is 3. The number of likely N-dealkylation sites (N-methyl/N-ethyl adjacent to an activating group) is 1. The third kappa shape index (κ3) is 14.8. The Labute approximate surface area is 216 Å². The second-order valence-corrected chi connectivity index (χ2v) is 8.41. The van der Waals surface area contributed by atoms with E-state index in [4.69, 9.17) is 19.9 Å². The van der Waals surface area contributed by atoms with E-state index in [1.165, 1.54) is 19.3 Å². The van der Waals surface area contributed by atoms with Gasteiger partial charge in [0.2, 0.25) is 0 Å². The molecule has 0 bridgehead atoms. The molecular weight excluding hydrogens is 462 g/mol. The Balaban J connectivity index is 0.00000118. The molecule has 0 saturated carbocycles. The van der Waals surface area contributed by atoms with Gasteiger partial charge < -0.3 is 24.8 Å². The van der Waals surface area contributed by atoms with E-state index in [1.807, 2.05) is 32.1 Å². The average Bonchev–Trinajstić information content (AvgIpc) is 3.54. The number of hydrogen-bond acceptors (Lipinski definition) is 10. The van der Waals surface area contributed by atoms with Crippen molar-refractivity contribution in [2.45, 2.75) is 59.7 Å². The van der Waals surface area contributed by atoms with Gasteiger partial charge in [0.1, 0.15) is 0 Å². The lowest BCUT2D eigenvalue weighted by Gasteiger charge is -2.25. The molecule has 2 aromatic heterocycles. The molecule has 0 aliphatic heterocycles. The molecule has 0 fully saturated rings. The van der Waals surface area contributed by atoms with E-state index in [-0.39, 0.29) is 0 Å². The first-order chi connectivity index (χ1) is 17.5. The Hall–Kier alpha value is -2.54. The van der Waals surface area contributed by atoms with Crippen molar-refractivity contribution < 1.29 is 14.2 Å². The molecule has 206 valence electrons. The molecular formula is C24H47N9O3. The Kier molecular flexibility index (Phi) is 18.0. The van der Waals surface area contributed by atoms with Gasteiger partial charge in [-0.25, -0.2) is 4.68 Å². The third-order valence-electron chi connectivity index (χ3n) is 5.09. The molecule has 0 aliphatic rings. The molecule has 0 aliphatic carbocycles. The predicted molar refractivity (Wildman–Crippen MR) is 140 cm³/mol. The number of H-pyrrole nitrogens is 1. The average molecular weight is 510 g/mol. The van der Waals surface area contributed by atoms with E-state index < -0.39 is 0 Å². The van der Waals surface area contributed by atoms with Gasteiger partial charge in [-0.1, -0.05) is 38.3 Å². The van der Waals surface area contributed by atoms with E-state index in [9.17, 15) is 0 Å². The number of hydrogen-bond donors (Lipinski definition) is 2. The van der Waals surface area contributed by atoms with Gasteiger partial charge in [-0.05, 0) is 6.92 Å². The zero-order valence-corrected chi connectivity index (χ0v) is 22.9. The number of rotatable bonds is 19. The largest absolute Gasteiger partial charge is 0.403 e. The van der Waals surface area contributed by atoms with Crippen LogP contribution in [0, 0.1) is 0 Å². The molecule has 0 spiro atoms. The molecule has 0 radical (unpaired) electrons. The molecule has 2 aromatic rings. The first-order valence-corrected chi connectivity index (χ1v) is 12.8. The summed E-state index contributed by atoms with van der Waals surface area (Å²) < 4.78 is 18.0. The highest BCUT2D eigenvalue weighted by Gasteiger charge is 2.14. The third-order valence-corrected chi connectivity index (χ3v) is 5.09. The lowest BCUT2D eigenvalue weighted by atomic mass is 10.3. The highest BCUT2D eigenvalue weighted by molar-refractivity contribution is 5.03. The smallest absolute Gasteiger partial charge is 0.0967 e. The number of nitrogens with zero attached hydrogens (tertiary/aromatic N) is 7. The Morgan fingerprint density at radius 2 is 1.67 bits per heavy atom. The van der Waals surface area contributed by atoms with Crippen LogP contribution in [0.1, 0.15) is 51.4 Å². The van der Waals surface area contributed by atoms with E-state index in [0.29, 0.717) is 65.8 Å². The fourth-order valence-electron chi connectivity index (χ4n) is 3.12. The highest BCUT2D eigenvalue weighted by atomic mass is 16.5. The Morgan fingerprint density at radius 1 is 1.00 bits per heavy atom. The van der Waals surface area contributed by atoms with E-state index >= 15 is 0 Å². The summed E-state index contributed by atoms with van der Waals surface area (Å²) >= 11 is 0. The summed E-state index contributed by atoms with van der Waals surface area (Å²) in [6.07, 6.45) is 9.33. The maximum atomic E-state index is 5.79. The van der Waals surface area contributed by atoms with Crippen LogP contribution >= 0.6 is 0 Å². The van der Waals surface area contributed by atoms with Crippen LogP contribution in [0.15, 0.2) is 24.3 Å². The summed E-state index contributed by atoms with van der Waals surface area (Å²) in [4.78, 5) is 4.17. The quantitative estimate of drug-likeness (QED) is 0.271. The van der Waals surface area contributed by atoms with Gasteiger partial charge in [0.15, 0.2) is 0 Å². The molecule has 12 heteroatoms. The number of nitrogens with one attached hydrogen (secondary N) is 1. The van der Waals surface area contributed by atoms with Crippen LogP contribution in [-0.4, -0.2) is 100 Å². The summed E-state index contributed by atoms with van der Waals surface area (Å²) in [5.74, 6) is 0. The highest BCUT2D eigenvalue weighted by Crippen LogP contribution is 2.10. The first-order valence-electron chi connectivity index (χ1n) is 12.8. The summed E-state index contributed by atoms with van der Waals surface area (Å²) in [5, 5.41) is 19.2. The normalized spacial score (nSPS) is 11.6. The lowest BCUT2D eigenvalue weighted by Crippen LogP contribution is -2.30. The summed E-state index contributed by atoms with van der Waals surface area (Å²) in [5.41, 5.74) is 8.49. The molecule has 0 amide bonds. The molecule has 0 unspecified atom stereocenters. The van der Waals surface area contributed by atoms with E-state index in [1.54, 1.807) is 17.1 Å². The van der Waals surface area contributed by atoms with Crippen molar-refractivity contribution in [1.29, 1.82) is 0 Å². The minimum atomic E-state index is 0.540. The van der Waals surface area contributed by atoms with Gasteiger partial charge in [-0.15, -0.1) is 5.10 Å². The van der Waals surface area contributed by atoms with Gasteiger partial charge in [0, 0.05) is 58.4 Å². The number of unbranched alkanes of at least 4 members (excludes halogenated alkanes) is 2. The van der Waals surface area contributed by atoms with Gasteiger partial charge in [-0.3, -0.25) is 4.90 Å². The van der Waals surface area contributed by atoms with Crippen LogP contribution in [0.2, 0.25) is 0 Å². The fourth-order valence-corrected chi connectivity index (χ4v) is 3.12. The van der Waals surface area contributed by atoms with Gasteiger partial charge >= 0.3 is 0 Å². The van der Waals surface area contributed by atoms with Crippen molar-refractivity contribution in [3.63, 3.8) is 0 Å². The molecule has 3 N–H and O–H groups in total. The summed E-state index contributed by atoms with van der Waals surface area (Å²) in [6, 6.07) is 0. The van der Waals surface area contributed by atoms with Crippen LogP contribution in [0.5, 0.6) is 0 Å². The van der Waals surface area contributed by atoms with Crippen LogP contribution in [0.25, 0.3) is 0 Å². The topological polar surface area (TPSA) is 132 Å². The molecule has 36 heavy (non-hydrogen) atoms. The fraction of sp³-hybridized carbons (Fsp3) is 0.750. The lowest BCUT2D eigenvalue weighted by molar-refractivity contribution is 0.0150. The van der Waals surface area contributed by atoms with Gasteiger partial charge in [0.05, 0.1) is 57.2 Å². The number of aromatic nitrogens is 6. The molecule has 0 aromatic carbocycles. The monoisotopic (exact) mass is 509 g/mol. The van der Waals surface area contributed by atoms with Crippen molar-refractivity contribution in [3.05, 3.63) is 35.7 Å². The maximum absolute atomic E-state index is 5.79. The molecule has 2 heterocycles. The van der Waals surface area contributed by atoms with Crippen LogP contribution < -0.4 is 5.73 Å². The Morgan fingerprint density at radius 3 is 2.22 bits per heavy atom. The van der Waals surface area contributed by atoms with E-state index in [0.717, 1.165) is 17.1 Å². The van der Waals surface area contributed by atoms with Crippen molar-refractivity contribution >= 4 is 0 Å². The SMILES string of the molecule is CCCCC.CCOCCOCCOCCn1cc(CN(C/C(=C/N)N(C)C)Cc2cn[nH]n2)nn1. The second kappa shape index (κ2) is 20.6. The zero-order chi connectivity index (χ0) is 26.4. The second-order valence-electron chi connectivity index (χ2n) is 8.41. The van der Waals surface area contributed by atoms with Gasteiger partial charge in [0.25, 0.3) is 0 Å². The molecule has 0 saturated heterocycles. The van der Waals surface area contributed by atoms with Crippen LogP contribution in [0.3, 0.4) is 0 Å². The van der Waals surface area contributed by atoms with E-state index in [2.05, 4.69) is 44.5 Å². The van der Waals surface area contributed by atoms with Gasteiger partial charge in [-0.2, -0.15) is 15.4 Å². The number of nitrogens with two attached hydrogens (primary N) is 1. The minimum absolute atomic E-state index is 0.540. The first kappa shape index (κ1) is 31.5. The van der Waals surface area contributed by atoms with Crippen molar-refractivity contribution in [1.82, 2.24) is 40.2 Å². The molecule has 0 atom stereocenters. The molecule has 2 rings (SSSR count).